The smallest absolute Gasteiger partial charge is 0.202 e. The molecule has 0 aliphatic heterocycles. The highest BCUT2D eigenvalue weighted by atomic mass is 19.2. The summed E-state index contributed by atoms with van der Waals surface area (Å²) in [6.07, 6.45) is 0.302. The molecule has 0 spiro atoms. The highest BCUT2D eigenvalue weighted by molar-refractivity contribution is 5.12. The lowest BCUT2D eigenvalue weighted by Gasteiger charge is -1.98. The van der Waals surface area contributed by atoms with Gasteiger partial charge >= 0.3 is 0 Å². The van der Waals surface area contributed by atoms with Crippen LogP contribution < -0.4 is 0 Å². The van der Waals surface area contributed by atoms with Gasteiger partial charge in [-0.25, -0.2) is 4.39 Å². The first-order valence-electron chi connectivity index (χ1n) is 3.15. The van der Waals surface area contributed by atoms with Crippen LogP contribution in [0, 0.1) is 17.7 Å². The van der Waals surface area contributed by atoms with Crippen molar-refractivity contribution in [2.75, 3.05) is 0 Å². The second-order valence-corrected chi connectivity index (χ2v) is 2.06. The average molecular weight is 161 g/mol. The van der Waals surface area contributed by atoms with Crippen LogP contribution in [-0.4, -0.2) is 4.98 Å². The third-order valence-corrected chi connectivity index (χ3v) is 1.34. The summed E-state index contributed by atoms with van der Waals surface area (Å²) < 4.78 is 37.0. The maximum absolute atomic E-state index is 12.5. The summed E-state index contributed by atoms with van der Waals surface area (Å²) in [7, 11) is 0. The molecular weight excluding hydrogens is 155 g/mol. The Bertz CT molecular complexity index is 273. The molecule has 0 aliphatic rings. The third-order valence-electron chi connectivity index (χ3n) is 1.34. The lowest BCUT2D eigenvalue weighted by Crippen LogP contribution is -1.98. The van der Waals surface area contributed by atoms with Crippen LogP contribution in [0.3, 0.4) is 0 Å². The Kier molecular flexibility index (Phi) is 2.12. The molecule has 60 valence electrons. The predicted octanol–water partition coefficient (Wildman–Crippen LogP) is 2.06. The summed E-state index contributed by atoms with van der Waals surface area (Å²) in [5.74, 6) is -3.44. The van der Waals surface area contributed by atoms with Gasteiger partial charge in [0.25, 0.3) is 5.95 Å². The summed E-state index contributed by atoms with van der Waals surface area (Å²) >= 11 is 0. The number of aryl methyl sites for hydroxylation is 1. The second kappa shape index (κ2) is 2.90. The minimum Gasteiger partial charge on any atom is -0.202 e. The SMILES string of the molecule is CCc1cc(F)c(F)nc1F. The van der Waals surface area contributed by atoms with Crippen LogP contribution in [0.4, 0.5) is 13.2 Å². The van der Waals surface area contributed by atoms with Gasteiger partial charge in [0.1, 0.15) is 0 Å². The van der Waals surface area contributed by atoms with E-state index in [1.807, 2.05) is 0 Å². The molecular formula is C7H6F3N. The fraction of sp³-hybridized carbons (Fsp3) is 0.286. The van der Waals surface area contributed by atoms with Gasteiger partial charge < -0.3 is 0 Å². The molecule has 1 aromatic rings. The van der Waals surface area contributed by atoms with E-state index in [2.05, 4.69) is 4.98 Å². The Morgan fingerprint density at radius 1 is 1.27 bits per heavy atom. The van der Waals surface area contributed by atoms with Gasteiger partial charge in [0, 0.05) is 5.56 Å². The van der Waals surface area contributed by atoms with Crippen LogP contribution in [0.25, 0.3) is 0 Å². The predicted molar refractivity (Wildman–Crippen MR) is 33.5 cm³/mol. The van der Waals surface area contributed by atoms with Gasteiger partial charge in [0.05, 0.1) is 0 Å². The minimum absolute atomic E-state index is 0.0869. The molecule has 1 rings (SSSR count). The molecule has 0 amide bonds. The van der Waals surface area contributed by atoms with Crippen LogP contribution >= 0.6 is 0 Å². The molecule has 0 atom stereocenters. The van der Waals surface area contributed by atoms with Crippen molar-refractivity contribution in [1.82, 2.24) is 4.98 Å². The first kappa shape index (κ1) is 8.04. The highest BCUT2D eigenvalue weighted by Gasteiger charge is 2.08. The number of hydrogen-bond donors (Lipinski definition) is 0. The monoisotopic (exact) mass is 161 g/mol. The van der Waals surface area contributed by atoms with E-state index in [9.17, 15) is 13.2 Å². The van der Waals surface area contributed by atoms with Crippen LogP contribution in [0.1, 0.15) is 12.5 Å². The number of halogens is 3. The van der Waals surface area contributed by atoms with Crippen LogP contribution in [0.2, 0.25) is 0 Å². The Morgan fingerprint density at radius 2 is 1.91 bits per heavy atom. The van der Waals surface area contributed by atoms with E-state index in [0.29, 0.717) is 6.42 Å². The molecule has 0 aromatic carbocycles. The van der Waals surface area contributed by atoms with E-state index in [4.69, 9.17) is 0 Å². The van der Waals surface area contributed by atoms with Crippen molar-refractivity contribution in [1.29, 1.82) is 0 Å². The highest BCUT2D eigenvalue weighted by Crippen LogP contribution is 2.09. The van der Waals surface area contributed by atoms with Gasteiger partial charge in [0.15, 0.2) is 5.82 Å². The molecule has 1 nitrogen and oxygen atoms in total. The zero-order valence-electron chi connectivity index (χ0n) is 5.87. The maximum atomic E-state index is 12.5. The Balaban J connectivity index is 3.21. The number of hydrogen-bond acceptors (Lipinski definition) is 1. The van der Waals surface area contributed by atoms with Crippen molar-refractivity contribution in [2.24, 2.45) is 0 Å². The normalized spacial score (nSPS) is 10.2. The van der Waals surface area contributed by atoms with Crippen molar-refractivity contribution in [3.63, 3.8) is 0 Å². The van der Waals surface area contributed by atoms with Crippen molar-refractivity contribution in [3.05, 3.63) is 29.3 Å². The lowest BCUT2D eigenvalue weighted by atomic mass is 10.2. The summed E-state index contributed by atoms with van der Waals surface area (Å²) in [5, 5.41) is 0. The average Bonchev–Trinajstić information content (AvgIpc) is 1.97. The summed E-state index contributed by atoms with van der Waals surface area (Å²) in [4.78, 5) is 2.74. The molecule has 0 unspecified atom stereocenters. The number of nitrogens with zero attached hydrogens (tertiary/aromatic N) is 1. The fourth-order valence-corrected chi connectivity index (χ4v) is 0.731. The summed E-state index contributed by atoms with van der Waals surface area (Å²) in [6, 6.07) is 0.817. The zero-order valence-corrected chi connectivity index (χ0v) is 5.87. The van der Waals surface area contributed by atoms with Crippen molar-refractivity contribution < 1.29 is 13.2 Å². The second-order valence-electron chi connectivity index (χ2n) is 2.06. The number of aromatic nitrogens is 1. The molecule has 4 heteroatoms. The van der Waals surface area contributed by atoms with Crippen molar-refractivity contribution in [2.45, 2.75) is 13.3 Å². The van der Waals surface area contributed by atoms with Crippen molar-refractivity contribution >= 4 is 0 Å². The van der Waals surface area contributed by atoms with Crippen molar-refractivity contribution in [3.8, 4) is 0 Å². The first-order valence-corrected chi connectivity index (χ1v) is 3.15. The number of pyridine rings is 1. The standard InChI is InChI=1S/C7H6F3N/c1-2-4-3-5(8)7(10)11-6(4)9/h3H,2H2,1H3. The molecule has 0 saturated heterocycles. The Morgan fingerprint density at radius 3 is 2.45 bits per heavy atom. The maximum Gasteiger partial charge on any atom is 0.251 e. The van der Waals surface area contributed by atoms with Crippen LogP contribution in [0.15, 0.2) is 6.07 Å². The molecule has 0 bridgehead atoms. The molecule has 0 radical (unpaired) electrons. The van der Waals surface area contributed by atoms with E-state index in [1.54, 1.807) is 6.92 Å². The Labute approximate surface area is 61.9 Å². The summed E-state index contributed by atoms with van der Waals surface area (Å²) in [6.45, 7) is 1.64. The third kappa shape index (κ3) is 1.50. The van der Waals surface area contributed by atoms with Crippen LogP contribution in [-0.2, 0) is 6.42 Å². The first-order chi connectivity index (χ1) is 5.15. The van der Waals surface area contributed by atoms with E-state index in [1.165, 1.54) is 0 Å². The van der Waals surface area contributed by atoms with Gasteiger partial charge in [-0.3, -0.25) is 0 Å². The van der Waals surface area contributed by atoms with Gasteiger partial charge in [-0.2, -0.15) is 13.8 Å². The van der Waals surface area contributed by atoms with E-state index < -0.39 is 17.7 Å². The molecule has 1 aromatic heterocycles. The Hall–Kier alpha value is -1.06. The topological polar surface area (TPSA) is 12.9 Å². The summed E-state index contributed by atoms with van der Waals surface area (Å²) in [5.41, 5.74) is 0.0869. The van der Waals surface area contributed by atoms with Gasteiger partial charge in [0.2, 0.25) is 5.95 Å². The zero-order chi connectivity index (χ0) is 8.43. The largest absolute Gasteiger partial charge is 0.251 e. The van der Waals surface area contributed by atoms with Gasteiger partial charge in [-0.05, 0) is 12.5 Å². The molecule has 1 heterocycles. The van der Waals surface area contributed by atoms with E-state index in [-0.39, 0.29) is 5.56 Å². The van der Waals surface area contributed by atoms with Gasteiger partial charge in [-0.1, -0.05) is 6.92 Å². The lowest BCUT2D eigenvalue weighted by molar-refractivity contribution is 0.441. The molecule has 0 N–H and O–H groups in total. The fourth-order valence-electron chi connectivity index (χ4n) is 0.731. The molecule has 0 aliphatic carbocycles. The number of rotatable bonds is 1. The van der Waals surface area contributed by atoms with E-state index in [0.717, 1.165) is 6.07 Å². The van der Waals surface area contributed by atoms with E-state index >= 15 is 0 Å². The molecule has 0 fully saturated rings. The van der Waals surface area contributed by atoms with Gasteiger partial charge in [-0.15, -0.1) is 0 Å². The molecule has 11 heavy (non-hydrogen) atoms. The quantitative estimate of drug-likeness (QED) is 0.574. The van der Waals surface area contributed by atoms with Crippen LogP contribution in [0.5, 0.6) is 0 Å². The molecule has 0 saturated carbocycles. The minimum atomic E-state index is -1.39.